The lowest BCUT2D eigenvalue weighted by Gasteiger charge is -2.27. The van der Waals surface area contributed by atoms with Crippen LogP contribution in [0.2, 0.25) is 0 Å². The molecule has 8 nitrogen and oxygen atoms in total. The normalized spacial score (nSPS) is 15.6. The molecular weight excluding hydrogens is 248 g/mol. The highest BCUT2D eigenvalue weighted by Crippen LogP contribution is 2.13. The highest BCUT2D eigenvalue weighted by molar-refractivity contribution is 5.89. The van der Waals surface area contributed by atoms with Crippen LogP contribution in [-0.2, 0) is 4.74 Å². The van der Waals surface area contributed by atoms with Crippen molar-refractivity contribution in [2.45, 2.75) is 19.9 Å². The first-order chi connectivity index (χ1) is 9.06. The molecule has 0 radical (unpaired) electrons. The molecule has 0 aromatic carbocycles. The summed E-state index contributed by atoms with van der Waals surface area (Å²) in [5, 5.41) is 3.05. The summed E-state index contributed by atoms with van der Waals surface area (Å²) in [6, 6.07) is 0.153. The van der Waals surface area contributed by atoms with Crippen LogP contribution in [0.25, 0.3) is 0 Å². The SMILES string of the molecule is CC(C)Nc1nc(C(N)=O)nc(N2CCOCC2)n1. The van der Waals surface area contributed by atoms with Gasteiger partial charge in [0.1, 0.15) is 0 Å². The van der Waals surface area contributed by atoms with Crippen molar-refractivity contribution in [2.75, 3.05) is 36.5 Å². The molecule has 1 aromatic heterocycles. The second-order valence-corrected chi connectivity index (χ2v) is 4.55. The molecule has 2 rings (SSSR count). The summed E-state index contributed by atoms with van der Waals surface area (Å²) in [6.45, 7) is 6.52. The number of amides is 1. The maximum Gasteiger partial charge on any atom is 0.286 e. The van der Waals surface area contributed by atoms with Crippen LogP contribution >= 0.6 is 0 Å². The van der Waals surface area contributed by atoms with Crippen LogP contribution in [0.5, 0.6) is 0 Å². The van der Waals surface area contributed by atoms with Gasteiger partial charge in [0.25, 0.3) is 5.91 Å². The summed E-state index contributed by atoms with van der Waals surface area (Å²) in [6.07, 6.45) is 0. The second-order valence-electron chi connectivity index (χ2n) is 4.55. The standard InChI is InChI=1S/C11H18N6O2/c1-7(2)13-10-14-9(8(12)18)15-11(16-10)17-3-5-19-6-4-17/h7H,3-6H2,1-2H3,(H2,12,18)(H,13,14,15,16). The molecule has 8 heteroatoms. The van der Waals surface area contributed by atoms with Crippen molar-refractivity contribution in [3.05, 3.63) is 5.82 Å². The quantitative estimate of drug-likeness (QED) is 0.765. The van der Waals surface area contributed by atoms with Gasteiger partial charge in [-0.1, -0.05) is 0 Å². The summed E-state index contributed by atoms with van der Waals surface area (Å²) in [5.74, 6) is 0.124. The first-order valence-electron chi connectivity index (χ1n) is 6.21. The molecule has 2 heterocycles. The molecule has 1 amide bonds. The van der Waals surface area contributed by atoms with Crippen molar-refractivity contribution in [1.82, 2.24) is 15.0 Å². The van der Waals surface area contributed by atoms with E-state index < -0.39 is 5.91 Å². The molecule has 19 heavy (non-hydrogen) atoms. The highest BCUT2D eigenvalue weighted by atomic mass is 16.5. The smallest absolute Gasteiger partial charge is 0.286 e. The number of carbonyl (C=O) groups is 1. The van der Waals surface area contributed by atoms with Gasteiger partial charge < -0.3 is 20.7 Å². The minimum absolute atomic E-state index is 0.0281. The van der Waals surface area contributed by atoms with Crippen molar-refractivity contribution in [3.63, 3.8) is 0 Å². The molecule has 0 spiro atoms. The van der Waals surface area contributed by atoms with Crippen molar-refractivity contribution in [2.24, 2.45) is 5.73 Å². The Labute approximate surface area is 111 Å². The highest BCUT2D eigenvalue weighted by Gasteiger charge is 2.18. The Morgan fingerprint density at radius 2 is 2.00 bits per heavy atom. The molecular formula is C11H18N6O2. The van der Waals surface area contributed by atoms with Gasteiger partial charge in [0, 0.05) is 19.1 Å². The maximum absolute atomic E-state index is 11.3. The summed E-state index contributed by atoms with van der Waals surface area (Å²) in [5.41, 5.74) is 5.25. The molecule has 0 saturated carbocycles. The Hall–Kier alpha value is -1.96. The van der Waals surface area contributed by atoms with E-state index in [2.05, 4.69) is 20.3 Å². The van der Waals surface area contributed by atoms with Crippen LogP contribution in [0.15, 0.2) is 0 Å². The minimum atomic E-state index is -0.663. The lowest BCUT2D eigenvalue weighted by atomic mass is 10.4. The Balaban J connectivity index is 2.30. The van der Waals surface area contributed by atoms with Gasteiger partial charge in [-0.2, -0.15) is 15.0 Å². The Kier molecular flexibility index (Phi) is 4.10. The van der Waals surface area contributed by atoms with Crippen LogP contribution in [0.3, 0.4) is 0 Å². The van der Waals surface area contributed by atoms with E-state index in [4.69, 9.17) is 10.5 Å². The van der Waals surface area contributed by atoms with E-state index in [-0.39, 0.29) is 11.9 Å². The molecule has 104 valence electrons. The summed E-state index contributed by atoms with van der Waals surface area (Å²) in [4.78, 5) is 25.6. The molecule has 0 bridgehead atoms. The van der Waals surface area contributed by atoms with Gasteiger partial charge in [0.2, 0.25) is 17.7 Å². The van der Waals surface area contributed by atoms with Gasteiger partial charge in [-0.3, -0.25) is 4.79 Å². The lowest BCUT2D eigenvalue weighted by molar-refractivity contribution is 0.0990. The van der Waals surface area contributed by atoms with E-state index >= 15 is 0 Å². The molecule has 0 aliphatic carbocycles. The van der Waals surface area contributed by atoms with Crippen molar-refractivity contribution in [3.8, 4) is 0 Å². The zero-order valence-electron chi connectivity index (χ0n) is 11.1. The van der Waals surface area contributed by atoms with Crippen molar-refractivity contribution >= 4 is 17.8 Å². The molecule has 1 aliphatic heterocycles. The number of hydrogen-bond acceptors (Lipinski definition) is 7. The average Bonchev–Trinajstić information content (AvgIpc) is 2.38. The van der Waals surface area contributed by atoms with Gasteiger partial charge in [-0.15, -0.1) is 0 Å². The second kappa shape index (κ2) is 5.79. The zero-order chi connectivity index (χ0) is 13.8. The van der Waals surface area contributed by atoms with Crippen LogP contribution in [0.4, 0.5) is 11.9 Å². The monoisotopic (exact) mass is 266 g/mol. The van der Waals surface area contributed by atoms with Gasteiger partial charge in [0.05, 0.1) is 13.2 Å². The number of anilines is 2. The molecule has 0 unspecified atom stereocenters. The Morgan fingerprint density at radius 3 is 2.58 bits per heavy atom. The van der Waals surface area contributed by atoms with E-state index in [1.165, 1.54) is 0 Å². The number of nitrogens with zero attached hydrogens (tertiary/aromatic N) is 4. The number of hydrogen-bond donors (Lipinski definition) is 2. The number of primary amides is 1. The molecule has 1 saturated heterocycles. The maximum atomic E-state index is 11.3. The van der Waals surface area contributed by atoms with E-state index in [1.54, 1.807) is 0 Å². The first-order valence-corrected chi connectivity index (χ1v) is 6.21. The Morgan fingerprint density at radius 1 is 1.32 bits per heavy atom. The molecule has 1 aromatic rings. The van der Waals surface area contributed by atoms with Gasteiger partial charge in [-0.05, 0) is 13.8 Å². The van der Waals surface area contributed by atoms with Gasteiger partial charge in [0.15, 0.2) is 0 Å². The average molecular weight is 266 g/mol. The number of nitrogens with two attached hydrogens (primary N) is 1. The fraction of sp³-hybridized carbons (Fsp3) is 0.636. The number of ether oxygens (including phenoxy) is 1. The fourth-order valence-corrected chi connectivity index (χ4v) is 1.70. The van der Waals surface area contributed by atoms with E-state index in [1.807, 2.05) is 18.7 Å². The largest absolute Gasteiger partial charge is 0.378 e. The molecule has 3 N–H and O–H groups in total. The lowest BCUT2D eigenvalue weighted by Crippen LogP contribution is -2.38. The third-order valence-corrected chi connectivity index (χ3v) is 2.56. The summed E-state index contributed by atoms with van der Waals surface area (Å²) >= 11 is 0. The molecule has 1 fully saturated rings. The Bertz CT molecular complexity index is 458. The van der Waals surface area contributed by atoms with Gasteiger partial charge >= 0.3 is 0 Å². The van der Waals surface area contributed by atoms with E-state index in [0.717, 1.165) is 0 Å². The van der Waals surface area contributed by atoms with Crippen LogP contribution in [0, 0.1) is 0 Å². The molecule has 1 aliphatic rings. The number of rotatable bonds is 4. The van der Waals surface area contributed by atoms with Crippen LogP contribution < -0.4 is 16.0 Å². The van der Waals surface area contributed by atoms with Crippen molar-refractivity contribution < 1.29 is 9.53 Å². The third-order valence-electron chi connectivity index (χ3n) is 2.56. The number of nitrogens with one attached hydrogen (secondary N) is 1. The van der Waals surface area contributed by atoms with E-state index in [9.17, 15) is 4.79 Å². The predicted octanol–water partition coefficient (Wildman–Crippen LogP) is -0.373. The number of carbonyl (C=O) groups excluding carboxylic acids is 1. The number of morpholine rings is 1. The summed E-state index contributed by atoms with van der Waals surface area (Å²) in [7, 11) is 0. The van der Waals surface area contributed by atoms with Crippen LogP contribution in [-0.4, -0.2) is 53.2 Å². The zero-order valence-corrected chi connectivity index (χ0v) is 11.1. The van der Waals surface area contributed by atoms with Crippen LogP contribution in [0.1, 0.15) is 24.5 Å². The topological polar surface area (TPSA) is 106 Å². The fourth-order valence-electron chi connectivity index (χ4n) is 1.70. The number of aromatic nitrogens is 3. The summed E-state index contributed by atoms with van der Waals surface area (Å²) < 4.78 is 5.27. The minimum Gasteiger partial charge on any atom is -0.378 e. The molecule has 0 atom stereocenters. The van der Waals surface area contributed by atoms with E-state index in [0.29, 0.717) is 38.2 Å². The van der Waals surface area contributed by atoms with Crippen molar-refractivity contribution in [1.29, 1.82) is 0 Å². The third kappa shape index (κ3) is 3.50. The predicted molar refractivity (Wildman–Crippen MR) is 70.1 cm³/mol. The van der Waals surface area contributed by atoms with Gasteiger partial charge in [-0.25, -0.2) is 0 Å². The first kappa shape index (κ1) is 13.5.